The Morgan fingerprint density at radius 2 is 1.86 bits per heavy atom. The lowest BCUT2D eigenvalue weighted by atomic mass is 10.1. The van der Waals surface area contributed by atoms with Gasteiger partial charge in [0, 0.05) is 26.2 Å². The molecular formula is C25H26N6O5S. The SMILES string of the molecule is COc1ccc(CCn2c(SCC(=O)NN=Cc3ccccc3O)nc3c2c(=O)n(C)c(=O)n3C)cc1. The molecule has 4 aromatic rings. The van der Waals surface area contributed by atoms with Gasteiger partial charge in [0.1, 0.15) is 11.5 Å². The molecule has 0 aliphatic rings. The first-order valence-electron chi connectivity index (χ1n) is 11.3. The monoisotopic (exact) mass is 522 g/mol. The van der Waals surface area contributed by atoms with Crippen LogP contribution in [0.1, 0.15) is 11.1 Å². The molecule has 0 saturated heterocycles. The third-order valence-electron chi connectivity index (χ3n) is 5.76. The number of hydrogen-bond donors (Lipinski definition) is 2. The van der Waals surface area contributed by atoms with Gasteiger partial charge in [-0.3, -0.25) is 18.7 Å². The van der Waals surface area contributed by atoms with Crippen molar-refractivity contribution in [3.05, 3.63) is 80.5 Å². The predicted octanol–water partition coefficient (Wildman–Crippen LogP) is 1.63. The lowest BCUT2D eigenvalue weighted by molar-refractivity contribution is -0.118. The van der Waals surface area contributed by atoms with Crippen LogP contribution in [0.3, 0.4) is 0 Å². The van der Waals surface area contributed by atoms with E-state index in [4.69, 9.17) is 4.74 Å². The molecule has 1 amide bonds. The summed E-state index contributed by atoms with van der Waals surface area (Å²) in [6, 6.07) is 14.2. The third-order valence-corrected chi connectivity index (χ3v) is 6.73. The van der Waals surface area contributed by atoms with Crippen molar-refractivity contribution in [3.63, 3.8) is 0 Å². The Morgan fingerprint density at radius 1 is 1.14 bits per heavy atom. The maximum atomic E-state index is 13.0. The lowest BCUT2D eigenvalue weighted by Gasteiger charge is -2.10. The molecule has 2 N–H and O–H groups in total. The molecule has 0 atom stereocenters. The molecule has 2 aromatic carbocycles. The minimum atomic E-state index is -0.481. The van der Waals surface area contributed by atoms with Crippen LogP contribution in [-0.4, -0.2) is 48.8 Å². The van der Waals surface area contributed by atoms with Gasteiger partial charge in [-0.2, -0.15) is 5.10 Å². The third kappa shape index (κ3) is 5.59. The zero-order valence-corrected chi connectivity index (χ0v) is 21.4. The average Bonchev–Trinajstić information content (AvgIpc) is 3.28. The largest absolute Gasteiger partial charge is 0.507 e. The number of amides is 1. The van der Waals surface area contributed by atoms with Crippen molar-refractivity contribution < 1.29 is 14.6 Å². The van der Waals surface area contributed by atoms with Crippen molar-refractivity contribution in [2.45, 2.75) is 18.1 Å². The second-order valence-electron chi connectivity index (χ2n) is 8.16. The number of benzene rings is 2. The summed E-state index contributed by atoms with van der Waals surface area (Å²) >= 11 is 1.13. The maximum absolute atomic E-state index is 13.0. The van der Waals surface area contributed by atoms with Crippen molar-refractivity contribution in [3.8, 4) is 11.5 Å². The molecule has 2 heterocycles. The number of fused-ring (bicyclic) bond motifs is 1. The van der Waals surface area contributed by atoms with Crippen molar-refractivity contribution in [2.75, 3.05) is 12.9 Å². The number of phenolic OH excluding ortho intramolecular Hbond substituents is 1. The van der Waals surface area contributed by atoms with Crippen LogP contribution in [0.2, 0.25) is 0 Å². The Labute approximate surface area is 216 Å². The molecule has 0 fully saturated rings. The van der Waals surface area contributed by atoms with Crippen LogP contribution in [0.15, 0.2) is 68.4 Å². The highest BCUT2D eigenvalue weighted by Gasteiger charge is 2.20. The Kier molecular flexibility index (Phi) is 7.77. The Balaban J connectivity index is 1.57. The van der Waals surface area contributed by atoms with Gasteiger partial charge in [0.15, 0.2) is 16.3 Å². The quantitative estimate of drug-likeness (QED) is 0.194. The number of aryl methyl sites for hydroxylation is 3. The fraction of sp³-hybridized carbons (Fsp3) is 0.240. The molecule has 192 valence electrons. The van der Waals surface area contributed by atoms with E-state index in [0.29, 0.717) is 29.2 Å². The normalized spacial score (nSPS) is 11.3. The van der Waals surface area contributed by atoms with Crippen LogP contribution in [0.4, 0.5) is 0 Å². The highest BCUT2D eigenvalue weighted by molar-refractivity contribution is 7.99. The van der Waals surface area contributed by atoms with Gasteiger partial charge in [-0.05, 0) is 36.2 Å². The van der Waals surface area contributed by atoms with E-state index in [-0.39, 0.29) is 17.1 Å². The van der Waals surface area contributed by atoms with Crippen LogP contribution in [-0.2, 0) is 31.9 Å². The van der Waals surface area contributed by atoms with E-state index in [1.807, 2.05) is 24.3 Å². The Morgan fingerprint density at radius 3 is 2.57 bits per heavy atom. The molecule has 0 saturated carbocycles. The van der Waals surface area contributed by atoms with E-state index < -0.39 is 17.2 Å². The number of nitrogens with one attached hydrogen (secondary N) is 1. The Bertz CT molecular complexity index is 1590. The standard InChI is InChI=1S/C25H26N6O5S/c1-29-22-21(23(34)30(2)25(29)35)31(13-12-16-8-10-18(36-3)11-9-16)24(27-22)37-15-20(33)28-26-14-17-6-4-5-7-19(17)32/h4-11,14,32H,12-13,15H2,1-3H3,(H,28,33). The summed E-state index contributed by atoms with van der Waals surface area (Å²) in [6.45, 7) is 0.408. The van der Waals surface area contributed by atoms with Gasteiger partial charge in [-0.1, -0.05) is 36.0 Å². The van der Waals surface area contributed by atoms with Crippen LogP contribution in [0.25, 0.3) is 11.2 Å². The number of hydrazone groups is 1. The fourth-order valence-corrected chi connectivity index (χ4v) is 4.52. The number of aromatic hydroxyl groups is 1. The molecule has 0 unspecified atom stereocenters. The summed E-state index contributed by atoms with van der Waals surface area (Å²) < 4.78 is 9.31. The fourth-order valence-electron chi connectivity index (χ4n) is 3.71. The number of nitrogens with zero attached hydrogens (tertiary/aromatic N) is 5. The number of hydrogen-bond acceptors (Lipinski definition) is 8. The smallest absolute Gasteiger partial charge is 0.332 e. The topological polar surface area (TPSA) is 133 Å². The first kappa shape index (κ1) is 25.8. The first-order chi connectivity index (χ1) is 17.8. The number of carbonyl (C=O) groups excluding carboxylic acids is 1. The van der Waals surface area contributed by atoms with Gasteiger partial charge in [-0.25, -0.2) is 15.2 Å². The summed E-state index contributed by atoms with van der Waals surface area (Å²) in [5, 5.41) is 14.1. The average molecular weight is 523 g/mol. The molecule has 0 aliphatic carbocycles. The van der Waals surface area contributed by atoms with Crippen LogP contribution in [0.5, 0.6) is 11.5 Å². The summed E-state index contributed by atoms with van der Waals surface area (Å²) in [5.74, 6) is 0.367. The zero-order chi connectivity index (χ0) is 26.5. The van der Waals surface area contributed by atoms with Crippen molar-refractivity contribution >= 4 is 35.0 Å². The van der Waals surface area contributed by atoms with Gasteiger partial charge in [0.05, 0.1) is 19.1 Å². The highest BCUT2D eigenvalue weighted by Crippen LogP contribution is 2.23. The van der Waals surface area contributed by atoms with Crippen LogP contribution < -0.4 is 21.4 Å². The second kappa shape index (κ2) is 11.2. The minimum absolute atomic E-state index is 0.0295. The molecule has 0 bridgehead atoms. The minimum Gasteiger partial charge on any atom is -0.507 e. The lowest BCUT2D eigenvalue weighted by Crippen LogP contribution is -2.37. The van der Waals surface area contributed by atoms with Gasteiger partial charge in [-0.15, -0.1) is 0 Å². The molecule has 12 heteroatoms. The van der Waals surface area contributed by atoms with Gasteiger partial charge in [0.25, 0.3) is 11.5 Å². The summed E-state index contributed by atoms with van der Waals surface area (Å²) in [5.41, 5.74) is 3.52. The molecule has 0 aliphatic heterocycles. The van der Waals surface area contributed by atoms with Crippen molar-refractivity contribution in [2.24, 2.45) is 19.2 Å². The number of thioether (sulfide) groups is 1. The molecule has 0 radical (unpaired) electrons. The number of ether oxygens (including phenoxy) is 1. The summed E-state index contributed by atoms with van der Waals surface area (Å²) in [7, 11) is 4.58. The molecule has 4 rings (SSSR count). The van der Waals surface area contributed by atoms with Gasteiger partial charge >= 0.3 is 5.69 Å². The van der Waals surface area contributed by atoms with Crippen molar-refractivity contribution in [1.82, 2.24) is 24.1 Å². The van der Waals surface area contributed by atoms with Crippen LogP contribution >= 0.6 is 11.8 Å². The number of imidazole rings is 1. The number of para-hydroxylation sites is 1. The van der Waals surface area contributed by atoms with E-state index in [0.717, 1.165) is 27.6 Å². The molecular weight excluding hydrogens is 496 g/mol. The van der Waals surface area contributed by atoms with Crippen molar-refractivity contribution in [1.29, 1.82) is 0 Å². The molecule has 37 heavy (non-hydrogen) atoms. The van der Waals surface area contributed by atoms with E-state index >= 15 is 0 Å². The molecule has 11 nitrogen and oxygen atoms in total. The summed E-state index contributed by atoms with van der Waals surface area (Å²) in [4.78, 5) is 42.4. The van der Waals surface area contributed by atoms with E-state index in [1.54, 1.807) is 36.9 Å². The number of carbonyl (C=O) groups is 1. The predicted molar refractivity (Wildman–Crippen MR) is 141 cm³/mol. The number of phenols is 1. The Hall–Kier alpha value is -4.32. The van der Waals surface area contributed by atoms with E-state index in [9.17, 15) is 19.5 Å². The number of aromatic nitrogens is 4. The number of methoxy groups -OCH3 is 1. The second-order valence-corrected chi connectivity index (χ2v) is 9.11. The van der Waals surface area contributed by atoms with Crippen LogP contribution in [0, 0.1) is 0 Å². The van der Waals surface area contributed by atoms with E-state index in [1.165, 1.54) is 23.9 Å². The summed E-state index contributed by atoms with van der Waals surface area (Å²) in [6.07, 6.45) is 1.94. The first-order valence-corrected chi connectivity index (χ1v) is 12.3. The maximum Gasteiger partial charge on any atom is 0.332 e. The molecule has 0 spiro atoms. The van der Waals surface area contributed by atoms with Gasteiger partial charge < -0.3 is 14.4 Å². The zero-order valence-electron chi connectivity index (χ0n) is 20.5. The van der Waals surface area contributed by atoms with E-state index in [2.05, 4.69) is 15.5 Å². The van der Waals surface area contributed by atoms with Gasteiger partial charge in [0.2, 0.25) is 0 Å². The number of rotatable bonds is 9. The highest BCUT2D eigenvalue weighted by atomic mass is 32.2. The molecule has 2 aromatic heterocycles.